The lowest BCUT2D eigenvalue weighted by Crippen LogP contribution is -2.59. The number of benzene rings is 1. The van der Waals surface area contributed by atoms with Crippen LogP contribution >= 0.6 is 11.8 Å². The van der Waals surface area contributed by atoms with Crippen LogP contribution in [0.4, 0.5) is 0 Å². The Labute approximate surface area is 209 Å². The molecule has 5 atom stereocenters. The second-order valence-electron chi connectivity index (χ2n) is 8.61. The highest BCUT2D eigenvalue weighted by Gasteiger charge is 2.32. The number of carbonyl (C=O) groups excluding carboxylic acids is 3. The Morgan fingerprint density at radius 1 is 0.943 bits per heavy atom. The van der Waals surface area contributed by atoms with Gasteiger partial charge in [-0.2, -0.15) is 11.8 Å². The Hall–Kier alpha value is -2.83. The molecule has 0 spiro atoms. The van der Waals surface area contributed by atoms with E-state index in [0.717, 1.165) is 0 Å². The molecule has 0 bridgehead atoms. The number of amides is 3. The molecule has 196 valence electrons. The quantitative estimate of drug-likeness (QED) is 0.174. The van der Waals surface area contributed by atoms with E-state index in [4.69, 9.17) is 5.73 Å². The van der Waals surface area contributed by atoms with Gasteiger partial charge in [0.1, 0.15) is 29.9 Å². The number of phenolic OH excluding ortho intramolecular Hbond substituents is 1. The van der Waals surface area contributed by atoms with E-state index in [9.17, 15) is 34.5 Å². The maximum atomic E-state index is 13.0. The second kappa shape index (κ2) is 14.5. The fraction of sp³-hybridized carbons (Fsp3) is 0.565. The Balaban J connectivity index is 2.97. The van der Waals surface area contributed by atoms with Crippen molar-refractivity contribution in [2.45, 2.75) is 63.9 Å². The minimum Gasteiger partial charge on any atom is -0.508 e. The standard InChI is InChI=1S/C23H36N4O7S/c1-12(2)19(27-21(31)18(24)13(3)28)22(32)25-16(9-10-35-4)20(30)26-17(23(33)34)11-14-5-7-15(29)8-6-14/h5-8,12-13,16-19,28-29H,9-11,24H2,1-4H3,(H,25,32)(H,26,30)(H,27,31)(H,33,34). The van der Waals surface area contributed by atoms with E-state index in [0.29, 0.717) is 11.3 Å². The van der Waals surface area contributed by atoms with Crippen molar-refractivity contribution in [3.05, 3.63) is 29.8 Å². The SMILES string of the molecule is CSCCC(NC(=O)C(NC(=O)C(N)C(C)O)C(C)C)C(=O)NC(Cc1ccc(O)cc1)C(=O)O. The first-order chi connectivity index (χ1) is 16.4. The molecule has 0 saturated heterocycles. The number of aliphatic carboxylic acids is 1. The zero-order valence-electron chi connectivity index (χ0n) is 20.4. The molecule has 1 rings (SSSR count). The summed E-state index contributed by atoms with van der Waals surface area (Å²) in [6, 6.07) is 1.39. The largest absolute Gasteiger partial charge is 0.508 e. The van der Waals surface area contributed by atoms with Gasteiger partial charge in [-0.3, -0.25) is 14.4 Å². The third-order valence-electron chi connectivity index (χ3n) is 5.30. The van der Waals surface area contributed by atoms with Gasteiger partial charge in [0.2, 0.25) is 17.7 Å². The van der Waals surface area contributed by atoms with Gasteiger partial charge >= 0.3 is 5.97 Å². The maximum Gasteiger partial charge on any atom is 0.326 e. The van der Waals surface area contributed by atoms with E-state index in [1.165, 1.54) is 30.8 Å². The summed E-state index contributed by atoms with van der Waals surface area (Å²) in [4.78, 5) is 50.0. The van der Waals surface area contributed by atoms with Gasteiger partial charge in [0.15, 0.2) is 0 Å². The van der Waals surface area contributed by atoms with Crippen LogP contribution in [0.15, 0.2) is 24.3 Å². The predicted octanol–water partition coefficient (Wildman–Crippen LogP) is -0.409. The first-order valence-corrected chi connectivity index (χ1v) is 12.6. The molecule has 0 radical (unpaired) electrons. The van der Waals surface area contributed by atoms with E-state index in [2.05, 4.69) is 16.0 Å². The van der Waals surface area contributed by atoms with Gasteiger partial charge in [0.25, 0.3) is 0 Å². The van der Waals surface area contributed by atoms with Crippen LogP contribution in [-0.2, 0) is 25.6 Å². The predicted molar refractivity (Wildman–Crippen MR) is 133 cm³/mol. The number of aromatic hydroxyl groups is 1. The van der Waals surface area contributed by atoms with Crippen LogP contribution in [-0.4, -0.2) is 81.3 Å². The summed E-state index contributed by atoms with van der Waals surface area (Å²) in [5, 5.41) is 36.1. The molecule has 5 unspecified atom stereocenters. The summed E-state index contributed by atoms with van der Waals surface area (Å²) < 4.78 is 0. The minimum absolute atomic E-state index is 0.0214. The highest BCUT2D eigenvalue weighted by Crippen LogP contribution is 2.12. The second-order valence-corrected chi connectivity index (χ2v) is 9.59. The molecule has 0 saturated carbocycles. The number of thioether (sulfide) groups is 1. The highest BCUT2D eigenvalue weighted by molar-refractivity contribution is 7.98. The smallest absolute Gasteiger partial charge is 0.326 e. The molecule has 0 aromatic heterocycles. The molecule has 35 heavy (non-hydrogen) atoms. The number of nitrogens with one attached hydrogen (secondary N) is 3. The number of carboxylic acids is 1. The van der Waals surface area contributed by atoms with Crippen molar-refractivity contribution in [1.29, 1.82) is 0 Å². The third kappa shape index (κ3) is 10.1. The lowest BCUT2D eigenvalue weighted by Gasteiger charge is -2.27. The molecular weight excluding hydrogens is 476 g/mol. The monoisotopic (exact) mass is 512 g/mol. The normalized spacial score (nSPS) is 15.4. The van der Waals surface area contributed by atoms with Crippen molar-refractivity contribution in [3.63, 3.8) is 0 Å². The van der Waals surface area contributed by atoms with E-state index in [-0.39, 0.29) is 24.5 Å². The number of phenols is 1. The molecule has 0 heterocycles. The topological polar surface area (TPSA) is 191 Å². The summed E-state index contributed by atoms with van der Waals surface area (Å²) in [6.45, 7) is 4.76. The number of hydrogen-bond donors (Lipinski definition) is 7. The van der Waals surface area contributed by atoms with Crippen LogP contribution in [0.5, 0.6) is 5.75 Å². The molecule has 12 heteroatoms. The number of rotatable bonds is 14. The fourth-order valence-corrected chi connectivity index (χ4v) is 3.58. The van der Waals surface area contributed by atoms with Crippen LogP contribution < -0.4 is 21.7 Å². The van der Waals surface area contributed by atoms with Gasteiger partial charge in [0.05, 0.1) is 6.10 Å². The Kier molecular flexibility index (Phi) is 12.5. The fourth-order valence-electron chi connectivity index (χ4n) is 3.11. The average Bonchev–Trinajstić information content (AvgIpc) is 2.79. The van der Waals surface area contributed by atoms with Crippen molar-refractivity contribution in [1.82, 2.24) is 16.0 Å². The first-order valence-electron chi connectivity index (χ1n) is 11.2. The van der Waals surface area contributed by atoms with Gasteiger partial charge in [-0.1, -0.05) is 26.0 Å². The number of hydrogen-bond acceptors (Lipinski definition) is 8. The molecule has 3 amide bonds. The van der Waals surface area contributed by atoms with Gasteiger partial charge in [-0.25, -0.2) is 4.79 Å². The summed E-state index contributed by atoms with van der Waals surface area (Å²) in [7, 11) is 0. The van der Waals surface area contributed by atoms with E-state index < -0.39 is 54.0 Å². The lowest BCUT2D eigenvalue weighted by atomic mass is 10.0. The molecule has 8 N–H and O–H groups in total. The Bertz CT molecular complexity index is 864. The van der Waals surface area contributed by atoms with Crippen LogP contribution in [0.1, 0.15) is 32.8 Å². The van der Waals surface area contributed by atoms with Crippen LogP contribution in [0.2, 0.25) is 0 Å². The van der Waals surface area contributed by atoms with Crippen LogP contribution in [0.25, 0.3) is 0 Å². The van der Waals surface area contributed by atoms with Crippen LogP contribution in [0.3, 0.4) is 0 Å². The summed E-state index contributed by atoms with van der Waals surface area (Å²) in [5.41, 5.74) is 6.24. The Morgan fingerprint density at radius 3 is 2.00 bits per heavy atom. The zero-order valence-corrected chi connectivity index (χ0v) is 21.2. The number of nitrogens with two attached hydrogens (primary N) is 1. The molecular formula is C23H36N4O7S. The number of carboxylic acid groups (broad SMARTS) is 1. The van der Waals surface area contributed by atoms with E-state index in [1.54, 1.807) is 26.0 Å². The highest BCUT2D eigenvalue weighted by atomic mass is 32.2. The summed E-state index contributed by atoms with van der Waals surface area (Å²) >= 11 is 1.45. The lowest BCUT2D eigenvalue weighted by molar-refractivity contribution is -0.142. The minimum atomic E-state index is -1.26. The van der Waals surface area contributed by atoms with Gasteiger partial charge in [0, 0.05) is 6.42 Å². The third-order valence-corrected chi connectivity index (χ3v) is 5.95. The zero-order chi connectivity index (χ0) is 26.7. The van der Waals surface area contributed by atoms with Gasteiger partial charge in [-0.05, 0) is 49.0 Å². The molecule has 11 nitrogen and oxygen atoms in total. The maximum absolute atomic E-state index is 13.0. The van der Waals surface area contributed by atoms with Gasteiger partial charge < -0.3 is 37.0 Å². The van der Waals surface area contributed by atoms with E-state index in [1.807, 2.05) is 6.26 Å². The van der Waals surface area contributed by atoms with Crippen molar-refractivity contribution < 1.29 is 34.5 Å². The number of carbonyl (C=O) groups is 4. The van der Waals surface area contributed by atoms with Gasteiger partial charge in [-0.15, -0.1) is 0 Å². The first kappa shape index (κ1) is 30.2. The Morgan fingerprint density at radius 2 is 1.51 bits per heavy atom. The summed E-state index contributed by atoms with van der Waals surface area (Å²) in [5.74, 6) is -3.07. The van der Waals surface area contributed by atoms with Crippen molar-refractivity contribution in [3.8, 4) is 5.75 Å². The molecule has 1 aromatic rings. The van der Waals surface area contributed by atoms with E-state index >= 15 is 0 Å². The molecule has 0 aliphatic carbocycles. The van der Waals surface area contributed by atoms with Crippen molar-refractivity contribution in [2.24, 2.45) is 11.7 Å². The molecule has 1 aromatic carbocycles. The summed E-state index contributed by atoms with van der Waals surface area (Å²) in [6.07, 6.45) is 0.923. The van der Waals surface area contributed by atoms with Crippen LogP contribution in [0, 0.1) is 5.92 Å². The molecule has 0 aliphatic heterocycles. The average molecular weight is 513 g/mol. The molecule has 0 fully saturated rings. The number of aliphatic hydroxyl groups is 1. The number of aliphatic hydroxyl groups excluding tert-OH is 1. The molecule has 0 aliphatic rings. The van der Waals surface area contributed by atoms with Crippen molar-refractivity contribution in [2.75, 3.05) is 12.0 Å². The van der Waals surface area contributed by atoms with Crippen molar-refractivity contribution >= 4 is 35.5 Å².